The van der Waals surface area contributed by atoms with Crippen molar-refractivity contribution in [3.05, 3.63) is 18.2 Å². The second-order valence-electron chi connectivity index (χ2n) is 4.47. The average Bonchev–Trinajstić information content (AvgIpc) is 2.39. The molecule has 18 heavy (non-hydrogen) atoms. The highest BCUT2D eigenvalue weighted by Crippen LogP contribution is 2.25. The summed E-state index contributed by atoms with van der Waals surface area (Å²) in [5.41, 5.74) is 9.04. The fourth-order valence-corrected chi connectivity index (χ4v) is 2.01. The third-order valence-electron chi connectivity index (χ3n) is 3.37. The number of benzene rings is 1. The average molecular weight is 250 g/mol. The summed E-state index contributed by atoms with van der Waals surface area (Å²) in [5.74, 6) is 0. The Labute approximate surface area is 111 Å². The minimum Gasteiger partial charge on any atom is -0.397 e. The SMILES string of the molecule is CCN(CC)CCN(C)c1ccc(NC)cc1N. The lowest BCUT2D eigenvalue weighted by Gasteiger charge is -2.25. The van der Waals surface area contributed by atoms with Gasteiger partial charge in [0.1, 0.15) is 0 Å². The molecule has 0 bridgehead atoms. The molecule has 0 radical (unpaired) electrons. The summed E-state index contributed by atoms with van der Waals surface area (Å²) >= 11 is 0. The number of anilines is 3. The molecule has 0 amide bonds. The Morgan fingerprint density at radius 1 is 1.17 bits per heavy atom. The number of nitrogens with one attached hydrogen (secondary N) is 1. The summed E-state index contributed by atoms with van der Waals surface area (Å²) in [6.07, 6.45) is 0. The monoisotopic (exact) mass is 250 g/mol. The first-order valence-corrected chi connectivity index (χ1v) is 6.63. The van der Waals surface area contributed by atoms with Crippen LogP contribution in [0.15, 0.2) is 18.2 Å². The molecule has 1 aromatic rings. The molecule has 3 N–H and O–H groups in total. The molecule has 0 atom stereocenters. The Hall–Kier alpha value is -1.42. The fraction of sp³-hybridized carbons (Fsp3) is 0.571. The molecule has 0 fully saturated rings. The van der Waals surface area contributed by atoms with Crippen LogP contribution in [0.3, 0.4) is 0 Å². The van der Waals surface area contributed by atoms with Crippen molar-refractivity contribution in [1.29, 1.82) is 0 Å². The maximum absolute atomic E-state index is 6.07. The molecule has 0 aliphatic rings. The number of likely N-dealkylation sites (N-methyl/N-ethyl adjacent to an activating group) is 2. The van der Waals surface area contributed by atoms with Crippen LogP contribution in [0.25, 0.3) is 0 Å². The summed E-state index contributed by atoms with van der Waals surface area (Å²) in [5, 5.41) is 3.10. The molecule has 0 heterocycles. The summed E-state index contributed by atoms with van der Waals surface area (Å²) in [6, 6.07) is 6.10. The van der Waals surface area contributed by atoms with Gasteiger partial charge in [-0.3, -0.25) is 0 Å². The predicted octanol–water partition coefficient (Wildman–Crippen LogP) is 2.09. The van der Waals surface area contributed by atoms with Crippen molar-refractivity contribution in [2.24, 2.45) is 0 Å². The van der Waals surface area contributed by atoms with Gasteiger partial charge in [0.15, 0.2) is 0 Å². The molecule has 0 spiro atoms. The number of nitrogen functional groups attached to an aromatic ring is 1. The van der Waals surface area contributed by atoms with Crippen LogP contribution in [-0.4, -0.2) is 45.2 Å². The van der Waals surface area contributed by atoms with Crippen LogP contribution in [0.1, 0.15) is 13.8 Å². The zero-order chi connectivity index (χ0) is 13.5. The maximum atomic E-state index is 6.07. The van der Waals surface area contributed by atoms with Crippen molar-refractivity contribution in [2.45, 2.75) is 13.8 Å². The second kappa shape index (κ2) is 7.11. The molecule has 0 unspecified atom stereocenters. The highest BCUT2D eigenvalue weighted by Gasteiger charge is 2.07. The van der Waals surface area contributed by atoms with E-state index < -0.39 is 0 Å². The smallest absolute Gasteiger partial charge is 0.0599 e. The van der Waals surface area contributed by atoms with E-state index in [0.29, 0.717) is 0 Å². The molecule has 0 aliphatic carbocycles. The van der Waals surface area contributed by atoms with Crippen molar-refractivity contribution in [1.82, 2.24) is 4.90 Å². The van der Waals surface area contributed by atoms with Crippen LogP contribution in [0, 0.1) is 0 Å². The highest BCUT2D eigenvalue weighted by molar-refractivity contribution is 5.72. The molecule has 4 heteroatoms. The lowest BCUT2D eigenvalue weighted by molar-refractivity contribution is 0.311. The molecule has 0 saturated heterocycles. The van der Waals surface area contributed by atoms with Crippen LogP contribution >= 0.6 is 0 Å². The van der Waals surface area contributed by atoms with Gasteiger partial charge in [0.05, 0.1) is 11.4 Å². The number of rotatable bonds is 7. The molecule has 4 nitrogen and oxygen atoms in total. The zero-order valence-electron chi connectivity index (χ0n) is 12.0. The predicted molar refractivity (Wildman–Crippen MR) is 81.5 cm³/mol. The maximum Gasteiger partial charge on any atom is 0.0599 e. The van der Waals surface area contributed by atoms with E-state index in [1.807, 2.05) is 13.1 Å². The van der Waals surface area contributed by atoms with Gasteiger partial charge in [0, 0.05) is 32.9 Å². The number of nitrogens with two attached hydrogens (primary N) is 1. The van der Waals surface area contributed by atoms with Gasteiger partial charge in [-0.15, -0.1) is 0 Å². The van der Waals surface area contributed by atoms with Gasteiger partial charge < -0.3 is 20.9 Å². The Bertz CT molecular complexity index is 361. The zero-order valence-corrected chi connectivity index (χ0v) is 12.0. The normalized spacial score (nSPS) is 10.7. The van der Waals surface area contributed by atoms with Gasteiger partial charge >= 0.3 is 0 Å². The summed E-state index contributed by atoms with van der Waals surface area (Å²) < 4.78 is 0. The van der Waals surface area contributed by atoms with Crippen molar-refractivity contribution in [3.8, 4) is 0 Å². The number of hydrogen-bond acceptors (Lipinski definition) is 4. The minimum absolute atomic E-state index is 0.823. The second-order valence-corrected chi connectivity index (χ2v) is 4.47. The lowest BCUT2D eigenvalue weighted by atomic mass is 10.2. The van der Waals surface area contributed by atoms with E-state index in [-0.39, 0.29) is 0 Å². The van der Waals surface area contributed by atoms with Gasteiger partial charge in [-0.25, -0.2) is 0 Å². The van der Waals surface area contributed by atoms with E-state index in [4.69, 9.17) is 5.73 Å². The molecule has 0 aliphatic heterocycles. The van der Waals surface area contributed by atoms with Gasteiger partial charge in [-0.05, 0) is 31.3 Å². The molecular weight excluding hydrogens is 224 g/mol. The molecule has 0 aromatic heterocycles. The topological polar surface area (TPSA) is 44.5 Å². The van der Waals surface area contributed by atoms with E-state index in [2.05, 4.69) is 48.1 Å². The number of hydrogen-bond donors (Lipinski definition) is 2. The molecule has 102 valence electrons. The molecule has 1 aromatic carbocycles. The van der Waals surface area contributed by atoms with E-state index >= 15 is 0 Å². The van der Waals surface area contributed by atoms with Crippen molar-refractivity contribution in [3.63, 3.8) is 0 Å². The first-order chi connectivity index (χ1) is 8.62. The van der Waals surface area contributed by atoms with Gasteiger partial charge in [0.25, 0.3) is 0 Å². The standard InChI is InChI=1S/C14H26N4/c1-5-18(6-2)10-9-17(4)14-8-7-12(16-3)11-13(14)15/h7-8,11,16H,5-6,9-10,15H2,1-4H3. The Morgan fingerprint density at radius 3 is 2.33 bits per heavy atom. The van der Waals surface area contributed by atoms with Gasteiger partial charge in [-0.1, -0.05) is 13.8 Å². The van der Waals surface area contributed by atoms with Gasteiger partial charge in [0.2, 0.25) is 0 Å². The summed E-state index contributed by atoms with van der Waals surface area (Å²) in [4.78, 5) is 4.63. The Balaban J connectivity index is 2.63. The first kappa shape index (κ1) is 14.6. The van der Waals surface area contributed by atoms with E-state index in [1.165, 1.54) is 0 Å². The van der Waals surface area contributed by atoms with Crippen molar-refractivity contribution >= 4 is 17.1 Å². The highest BCUT2D eigenvalue weighted by atomic mass is 15.2. The minimum atomic E-state index is 0.823. The van der Waals surface area contributed by atoms with Crippen LogP contribution in [-0.2, 0) is 0 Å². The lowest BCUT2D eigenvalue weighted by Crippen LogP contribution is -2.33. The third kappa shape index (κ3) is 3.81. The van der Waals surface area contributed by atoms with Crippen LogP contribution in [0.5, 0.6) is 0 Å². The van der Waals surface area contributed by atoms with E-state index in [9.17, 15) is 0 Å². The van der Waals surface area contributed by atoms with Crippen molar-refractivity contribution < 1.29 is 0 Å². The largest absolute Gasteiger partial charge is 0.397 e. The fourth-order valence-electron chi connectivity index (χ4n) is 2.01. The van der Waals surface area contributed by atoms with Crippen molar-refractivity contribution in [2.75, 3.05) is 56.2 Å². The molecular formula is C14H26N4. The Kier molecular flexibility index (Phi) is 5.78. The van der Waals surface area contributed by atoms with Crippen LogP contribution < -0.4 is 16.0 Å². The van der Waals surface area contributed by atoms with E-state index in [1.54, 1.807) is 0 Å². The van der Waals surface area contributed by atoms with E-state index in [0.717, 1.165) is 43.2 Å². The van der Waals surface area contributed by atoms with Crippen LogP contribution in [0.2, 0.25) is 0 Å². The van der Waals surface area contributed by atoms with Crippen LogP contribution in [0.4, 0.5) is 17.1 Å². The molecule has 0 saturated carbocycles. The first-order valence-electron chi connectivity index (χ1n) is 6.63. The molecule has 1 rings (SSSR count). The third-order valence-corrected chi connectivity index (χ3v) is 3.37. The van der Waals surface area contributed by atoms with Gasteiger partial charge in [-0.2, -0.15) is 0 Å². The quantitative estimate of drug-likeness (QED) is 0.727. The number of nitrogens with zero attached hydrogens (tertiary/aromatic N) is 2. The summed E-state index contributed by atoms with van der Waals surface area (Å²) in [6.45, 7) is 8.64. The summed E-state index contributed by atoms with van der Waals surface area (Å²) in [7, 11) is 3.99. The Morgan fingerprint density at radius 2 is 1.83 bits per heavy atom.